The van der Waals surface area contributed by atoms with Gasteiger partial charge in [0, 0.05) is 50.0 Å². The number of amides is 2. The molecule has 0 unspecified atom stereocenters. The van der Waals surface area contributed by atoms with E-state index >= 15 is 0 Å². The number of ether oxygens (including phenoxy) is 1. The van der Waals surface area contributed by atoms with Crippen LogP contribution in [-0.4, -0.2) is 38.1 Å². The van der Waals surface area contributed by atoms with Gasteiger partial charge in [0.15, 0.2) is 0 Å². The van der Waals surface area contributed by atoms with Crippen LogP contribution < -0.4 is 19.9 Å². The fourth-order valence-corrected chi connectivity index (χ4v) is 3.14. The first-order chi connectivity index (χ1) is 14.0. The zero-order valence-corrected chi connectivity index (χ0v) is 17.8. The number of nitrogens with zero attached hydrogens (tertiary/aromatic N) is 2. The van der Waals surface area contributed by atoms with Crippen molar-refractivity contribution in [1.29, 1.82) is 0 Å². The molecule has 29 heavy (non-hydrogen) atoms. The number of benzene rings is 2. The molecule has 2 aromatic rings. The average Bonchev–Trinajstić information content (AvgIpc) is 2.71. The van der Waals surface area contributed by atoms with Gasteiger partial charge in [-0.25, -0.2) is 0 Å². The van der Waals surface area contributed by atoms with Crippen molar-refractivity contribution >= 4 is 28.9 Å². The quantitative estimate of drug-likeness (QED) is 0.649. The lowest BCUT2D eigenvalue weighted by atomic mass is 10.2. The molecule has 1 N–H and O–H groups in total. The van der Waals surface area contributed by atoms with Crippen LogP contribution in [0.25, 0.3) is 0 Å². The van der Waals surface area contributed by atoms with Gasteiger partial charge in [-0.15, -0.1) is 0 Å². The van der Waals surface area contributed by atoms with Crippen LogP contribution in [0.5, 0.6) is 5.75 Å². The number of hydrogen-bond acceptors (Lipinski definition) is 4. The highest BCUT2D eigenvalue weighted by atomic mass is 16.5. The zero-order chi connectivity index (χ0) is 21.2. The molecule has 0 fully saturated rings. The number of carbonyl (C=O) groups excluding carboxylic acids is 2. The van der Waals surface area contributed by atoms with Crippen molar-refractivity contribution in [3.63, 3.8) is 0 Å². The molecule has 0 saturated carbocycles. The molecule has 2 amide bonds. The van der Waals surface area contributed by atoms with Gasteiger partial charge in [-0.3, -0.25) is 9.59 Å². The molecule has 0 atom stereocenters. The van der Waals surface area contributed by atoms with Gasteiger partial charge in [-0.05, 0) is 69.3 Å². The Bertz CT molecular complexity index is 784. The number of anilines is 3. The summed E-state index contributed by atoms with van der Waals surface area (Å²) in [4.78, 5) is 28.3. The van der Waals surface area contributed by atoms with Crippen LogP contribution in [0.4, 0.5) is 17.1 Å². The highest BCUT2D eigenvalue weighted by Gasteiger charge is 2.14. The highest BCUT2D eigenvalue weighted by Crippen LogP contribution is 2.21. The first-order valence-electron chi connectivity index (χ1n) is 10.1. The van der Waals surface area contributed by atoms with Crippen molar-refractivity contribution in [2.75, 3.05) is 41.4 Å². The molecule has 0 saturated heterocycles. The Morgan fingerprint density at radius 1 is 0.897 bits per heavy atom. The number of nitrogens with one attached hydrogen (secondary N) is 1. The summed E-state index contributed by atoms with van der Waals surface area (Å²) < 4.78 is 5.40. The summed E-state index contributed by atoms with van der Waals surface area (Å²) in [5.41, 5.74) is 2.62. The van der Waals surface area contributed by atoms with E-state index in [-0.39, 0.29) is 18.2 Å². The van der Waals surface area contributed by atoms with Crippen molar-refractivity contribution in [1.82, 2.24) is 0 Å². The topological polar surface area (TPSA) is 61.9 Å². The number of hydrogen-bond donors (Lipinski definition) is 1. The van der Waals surface area contributed by atoms with E-state index in [2.05, 4.69) is 24.1 Å². The highest BCUT2D eigenvalue weighted by molar-refractivity contribution is 5.94. The smallest absolute Gasteiger partial charge is 0.226 e. The molecule has 0 spiro atoms. The van der Waals surface area contributed by atoms with E-state index in [0.29, 0.717) is 18.8 Å². The molecule has 0 radical (unpaired) electrons. The van der Waals surface area contributed by atoms with E-state index in [4.69, 9.17) is 4.74 Å². The lowest BCUT2D eigenvalue weighted by Gasteiger charge is -2.24. The van der Waals surface area contributed by atoms with Gasteiger partial charge in [0.25, 0.3) is 0 Å². The van der Waals surface area contributed by atoms with E-state index in [1.807, 2.05) is 43.3 Å². The number of carbonyl (C=O) groups is 2. The summed E-state index contributed by atoms with van der Waals surface area (Å²) in [6.07, 6.45) is 0.213. The average molecular weight is 398 g/mol. The first-order valence-corrected chi connectivity index (χ1v) is 10.1. The summed E-state index contributed by atoms with van der Waals surface area (Å²) in [7, 11) is 0. The summed E-state index contributed by atoms with van der Waals surface area (Å²) in [5, 5.41) is 2.86. The van der Waals surface area contributed by atoms with Gasteiger partial charge in [-0.1, -0.05) is 0 Å². The molecule has 6 heteroatoms. The monoisotopic (exact) mass is 397 g/mol. The zero-order valence-electron chi connectivity index (χ0n) is 17.8. The second kappa shape index (κ2) is 11.1. The van der Waals surface area contributed by atoms with E-state index in [1.165, 1.54) is 6.92 Å². The molecule has 2 aromatic carbocycles. The van der Waals surface area contributed by atoms with Crippen molar-refractivity contribution < 1.29 is 14.3 Å². The second-order valence-corrected chi connectivity index (χ2v) is 6.61. The van der Waals surface area contributed by atoms with Gasteiger partial charge >= 0.3 is 0 Å². The van der Waals surface area contributed by atoms with Crippen LogP contribution in [0.3, 0.4) is 0 Å². The largest absolute Gasteiger partial charge is 0.494 e. The third-order valence-electron chi connectivity index (χ3n) is 4.68. The normalized spacial score (nSPS) is 10.3. The lowest BCUT2D eigenvalue weighted by molar-refractivity contribution is -0.117. The van der Waals surface area contributed by atoms with E-state index in [1.54, 1.807) is 17.0 Å². The van der Waals surface area contributed by atoms with E-state index in [9.17, 15) is 9.59 Å². The van der Waals surface area contributed by atoms with Gasteiger partial charge in [0.1, 0.15) is 5.75 Å². The molecule has 0 heterocycles. The molecule has 0 aliphatic rings. The minimum absolute atomic E-state index is 0.0885. The Labute approximate surface area is 173 Å². The van der Waals surface area contributed by atoms with Crippen molar-refractivity contribution in [3.05, 3.63) is 48.5 Å². The molecule has 0 aliphatic heterocycles. The Morgan fingerprint density at radius 3 is 2.00 bits per heavy atom. The van der Waals surface area contributed by atoms with Crippen molar-refractivity contribution in [2.45, 2.75) is 34.1 Å². The fourth-order valence-electron chi connectivity index (χ4n) is 3.14. The van der Waals surface area contributed by atoms with Crippen LogP contribution in [0.1, 0.15) is 34.1 Å². The van der Waals surface area contributed by atoms with E-state index < -0.39 is 0 Å². The first kappa shape index (κ1) is 22.3. The van der Waals surface area contributed by atoms with Gasteiger partial charge in [-0.2, -0.15) is 0 Å². The van der Waals surface area contributed by atoms with Crippen LogP contribution in [-0.2, 0) is 9.59 Å². The predicted molar refractivity (Wildman–Crippen MR) is 119 cm³/mol. The fraction of sp³-hybridized carbons (Fsp3) is 0.391. The Balaban J connectivity index is 1.96. The standard InChI is InChI=1S/C23H31N3O3/c1-5-25(6-2)20-10-12-21(13-11-20)26(18(4)27)17-16-23(28)24-19-8-14-22(15-9-19)29-7-3/h8-15H,5-7,16-17H2,1-4H3,(H,24,28). The number of rotatable bonds is 10. The SMILES string of the molecule is CCOc1ccc(NC(=O)CCN(C(C)=O)c2ccc(N(CC)CC)cc2)cc1. The third-order valence-corrected chi connectivity index (χ3v) is 4.68. The van der Waals surface area contributed by atoms with Crippen molar-refractivity contribution in [2.24, 2.45) is 0 Å². The second-order valence-electron chi connectivity index (χ2n) is 6.61. The van der Waals surface area contributed by atoms with Crippen LogP contribution in [0.15, 0.2) is 48.5 Å². The minimum Gasteiger partial charge on any atom is -0.494 e. The molecular weight excluding hydrogens is 366 g/mol. The van der Waals surface area contributed by atoms with Crippen LogP contribution >= 0.6 is 0 Å². The molecule has 0 bridgehead atoms. The molecule has 0 aromatic heterocycles. The lowest BCUT2D eigenvalue weighted by Crippen LogP contribution is -2.32. The summed E-state index contributed by atoms with van der Waals surface area (Å²) >= 11 is 0. The minimum atomic E-state index is -0.139. The van der Waals surface area contributed by atoms with Gasteiger partial charge < -0.3 is 19.9 Å². The Kier molecular flexibility index (Phi) is 8.52. The van der Waals surface area contributed by atoms with Crippen LogP contribution in [0, 0.1) is 0 Å². The van der Waals surface area contributed by atoms with Crippen LogP contribution in [0.2, 0.25) is 0 Å². The summed E-state index contributed by atoms with van der Waals surface area (Å²) in [6, 6.07) is 15.1. The third kappa shape index (κ3) is 6.52. The van der Waals surface area contributed by atoms with Gasteiger partial charge in [0.05, 0.1) is 6.61 Å². The Morgan fingerprint density at radius 2 is 1.48 bits per heavy atom. The van der Waals surface area contributed by atoms with Crippen molar-refractivity contribution in [3.8, 4) is 5.75 Å². The maximum absolute atomic E-state index is 12.3. The molecule has 156 valence electrons. The molecule has 6 nitrogen and oxygen atoms in total. The summed E-state index contributed by atoms with van der Waals surface area (Å²) in [6.45, 7) is 10.4. The maximum Gasteiger partial charge on any atom is 0.226 e. The summed E-state index contributed by atoms with van der Waals surface area (Å²) in [5.74, 6) is 0.538. The molecule has 2 rings (SSSR count). The predicted octanol–water partition coefficient (Wildman–Crippen LogP) is 4.31. The molecular formula is C23H31N3O3. The maximum atomic E-state index is 12.3. The molecule has 0 aliphatic carbocycles. The Hall–Kier alpha value is -3.02. The van der Waals surface area contributed by atoms with E-state index in [0.717, 1.165) is 30.2 Å². The van der Waals surface area contributed by atoms with Gasteiger partial charge in [0.2, 0.25) is 11.8 Å².